The SMILES string of the molecule is CC(C)C(=O)CCC(=O)NCCOCCOCCOCCOCCOCCOCCOCCOCCOCCOCCn1cc(C(C)C)nn1. The van der Waals surface area contributed by atoms with E-state index < -0.39 is 0 Å². The van der Waals surface area contributed by atoms with E-state index in [0.29, 0.717) is 151 Å². The van der Waals surface area contributed by atoms with Crippen LogP contribution in [0.25, 0.3) is 0 Å². The highest BCUT2D eigenvalue weighted by Crippen LogP contribution is 2.08. The second kappa shape index (κ2) is 34.0. The van der Waals surface area contributed by atoms with Crippen LogP contribution in [0.5, 0.6) is 0 Å². The zero-order chi connectivity index (χ0) is 36.3. The van der Waals surface area contributed by atoms with E-state index in [4.69, 9.17) is 47.4 Å². The number of hydrogen-bond acceptors (Lipinski definition) is 14. The molecule has 16 heteroatoms. The number of ketones is 1. The molecule has 0 fully saturated rings. The molecule has 1 amide bonds. The van der Waals surface area contributed by atoms with E-state index in [1.807, 2.05) is 20.0 Å². The van der Waals surface area contributed by atoms with Crippen molar-refractivity contribution in [1.29, 1.82) is 0 Å². The van der Waals surface area contributed by atoms with E-state index in [2.05, 4.69) is 29.5 Å². The average Bonchev–Trinajstić information content (AvgIpc) is 3.58. The molecule has 0 spiro atoms. The largest absolute Gasteiger partial charge is 0.377 e. The number of nitrogens with one attached hydrogen (secondary N) is 1. The first-order valence-corrected chi connectivity index (χ1v) is 17.9. The lowest BCUT2D eigenvalue weighted by Gasteiger charge is -2.09. The third-order valence-electron chi connectivity index (χ3n) is 6.77. The van der Waals surface area contributed by atoms with Crippen molar-refractivity contribution in [2.24, 2.45) is 5.92 Å². The van der Waals surface area contributed by atoms with Crippen LogP contribution < -0.4 is 5.32 Å². The van der Waals surface area contributed by atoms with Crippen molar-refractivity contribution < 1.29 is 57.0 Å². The third kappa shape index (κ3) is 29.6. The summed E-state index contributed by atoms with van der Waals surface area (Å²) in [6, 6.07) is 0. The Morgan fingerprint density at radius 2 is 0.920 bits per heavy atom. The molecule has 50 heavy (non-hydrogen) atoms. The minimum absolute atomic E-state index is 0.0401. The summed E-state index contributed by atoms with van der Waals surface area (Å²) < 4.78 is 56.6. The van der Waals surface area contributed by atoms with Gasteiger partial charge in [-0.3, -0.25) is 9.59 Å². The molecule has 0 aliphatic carbocycles. The minimum atomic E-state index is -0.136. The average molecular weight is 721 g/mol. The maximum Gasteiger partial charge on any atom is 0.220 e. The van der Waals surface area contributed by atoms with E-state index >= 15 is 0 Å². The van der Waals surface area contributed by atoms with Crippen molar-refractivity contribution in [3.05, 3.63) is 11.9 Å². The summed E-state index contributed by atoms with van der Waals surface area (Å²) in [5, 5.41) is 10.9. The van der Waals surface area contributed by atoms with Crippen molar-refractivity contribution in [3.8, 4) is 0 Å². The van der Waals surface area contributed by atoms with E-state index in [1.165, 1.54) is 0 Å². The van der Waals surface area contributed by atoms with Crippen LogP contribution in [0.2, 0.25) is 0 Å². The Balaban J connectivity index is 1.66. The predicted octanol–water partition coefficient (Wildman–Crippen LogP) is 1.69. The zero-order valence-electron chi connectivity index (χ0n) is 30.9. The second-order valence-corrected chi connectivity index (χ2v) is 11.7. The number of hydrogen-bond donors (Lipinski definition) is 1. The topological polar surface area (TPSA) is 169 Å². The van der Waals surface area contributed by atoms with Gasteiger partial charge in [0.25, 0.3) is 0 Å². The first-order chi connectivity index (χ1) is 24.4. The molecule has 0 saturated carbocycles. The molecule has 1 N–H and O–H groups in total. The van der Waals surface area contributed by atoms with Crippen molar-refractivity contribution in [2.45, 2.75) is 53.0 Å². The van der Waals surface area contributed by atoms with E-state index in [1.54, 1.807) is 4.68 Å². The van der Waals surface area contributed by atoms with Crippen molar-refractivity contribution >= 4 is 11.7 Å². The van der Waals surface area contributed by atoms with E-state index in [-0.39, 0.29) is 30.4 Å². The van der Waals surface area contributed by atoms with Crippen molar-refractivity contribution in [3.63, 3.8) is 0 Å². The molecule has 0 radical (unpaired) electrons. The number of carbonyl (C=O) groups excluding carboxylic acids is 2. The summed E-state index contributed by atoms with van der Waals surface area (Å²) in [6.45, 7) is 18.7. The van der Waals surface area contributed by atoms with Crippen molar-refractivity contribution in [2.75, 3.05) is 139 Å². The van der Waals surface area contributed by atoms with Crippen LogP contribution in [0, 0.1) is 5.92 Å². The lowest BCUT2D eigenvalue weighted by Crippen LogP contribution is -2.28. The van der Waals surface area contributed by atoms with Gasteiger partial charge in [-0.2, -0.15) is 0 Å². The molecule has 0 aliphatic rings. The summed E-state index contributed by atoms with van der Waals surface area (Å²) in [5.74, 6) is 0.291. The first kappa shape index (κ1) is 45.9. The highest BCUT2D eigenvalue weighted by Gasteiger charge is 2.10. The molecular formula is C34H64N4O12. The fraction of sp³-hybridized carbons (Fsp3) is 0.882. The fourth-order valence-electron chi connectivity index (χ4n) is 3.80. The second-order valence-electron chi connectivity index (χ2n) is 11.7. The lowest BCUT2D eigenvalue weighted by atomic mass is 10.0. The molecule has 0 saturated heterocycles. The molecular weight excluding hydrogens is 656 g/mol. The third-order valence-corrected chi connectivity index (χ3v) is 6.77. The van der Waals surface area contributed by atoms with E-state index in [0.717, 1.165) is 5.69 Å². The number of nitrogens with zero attached hydrogens (tertiary/aromatic N) is 3. The first-order valence-electron chi connectivity index (χ1n) is 17.9. The summed E-state index contributed by atoms with van der Waals surface area (Å²) in [6.07, 6.45) is 2.44. The Hall–Kier alpha value is -2.12. The number of amides is 1. The molecule has 0 aliphatic heterocycles. The Kier molecular flexibility index (Phi) is 31.2. The van der Waals surface area contributed by atoms with Gasteiger partial charge >= 0.3 is 0 Å². The monoisotopic (exact) mass is 720 g/mol. The number of carbonyl (C=O) groups is 2. The molecule has 1 heterocycles. The highest BCUT2D eigenvalue weighted by molar-refractivity contribution is 5.85. The molecule has 1 aromatic heterocycles. The van der Waals surface area contributed by atoms with Gasteiger partial charge in [-0.25, -0.2) is 4.68 Å². The van der Waals surface area contributed by atoms with Crippen LogP contribution in [-0.2, 0) is 63.5 Å². The predicted molar refractivity (Wildman–Crippen MR) is 184 cm³/mol. The molecule has 0 bridgehead atoms. The van der Waals surface area contributed by atoms with Crippen LogP contribution in [-0.4, -0.2) is 165 Å². The summed E-state index contributed by atoms with van der Waals surface area (Å²) in [7, 11) is 0. The van der Waals surface area contributed by atoms with Gasteiger partial charge in [0, 0.05) is 31.5 Å². The molecule has 1 aromatic rings. The quantitative estimate of drug-likeness (QED) is 0.0980. The smallest absolute Gasteiger partial charge is 0.220 e. The maximum absolute atomic E-state index is 11.7. The Morgan fingerprint density at radius 3 is 1.26 bits per heavy atom. The van der Waals surface area contributed by atoms with Gasteiger partial charge in [0.15, 0.2) is 0 Å². The van der Waals surface area contributed by atoms with Gasteiger partial charge in [0.1, 0.15) is 5.78 Å². The van der Waals surface area contributed by atoms with Crippen LogP contribution in [0.15, 0.2) is 6.20 Å². The van der Waals surface area contributed by atoms with Gasteiger partial charge in [-0.1, -0.05) is 32.9 Å². The zero-order valence-corrected chi connectivity index (χ0v) is 30.9. The molecule has 0 atom stereocenters. The van der Waals surface area contributed by atoms with Crippen LogP contribution in [0.3, 0.4) is 0 Å². The Bertz CT molecular complexity index is 923. The minimum Gasteiger partial charge on any atom is -0.377 e. The molecule has 292 valence electrons. The van der Waals surface area contributed by atoms with Gasteiger partial charge in [-0.05, 0) is 5.92 Å². The molecule has 0 unspecified atom stereocenters. The van der Waals surface area contributed by atoms with Gasteiger partial charge in [0.05, 0.1) is 144 Å². The van der Waals surface area contributed by atoms with E-state index in [9.17, 15) is 9.59 Å². The number of rotatable bonds is 38. The fourth-order valence-corrected chi connectivity index (χ4v) is 3.80. The molecule has 1 rings (SSSR count). The number of aromatic nitrogens is 3. The molecule has 0 aromatic carbocycles. The van der Waals surface area contributed by atoms with Crippen LogP contribution in [0.4, 0.5) is 0 Å². The summed E-state index contributed by atoms with van der Waals surface area (Å²) in [4.78, 5) is 23.2. The Labute approximate surface area is 298 Å². The normalized spacial score (nSPS) is 11.6. The lowest BCUT2D eigenvalue weighted by molar-refractivity contribution is -0.126. The summed E-state index contributed by atoms with van der Waals surface area (Å²) >= 11 is 0. The maximum atomic E-state index is 11.7. The standard InChI is InChI=1S/C34H64N4O12/c1-30(2)32-29-38(37-36-32)8-10-42-12-14-44-16-18-46-20-22-48-24-26-50-28-27-49-25-23-47-21-19-45-17-15-43-13-11-41-9-7-35-34(40)6-5-33(39)31(3)4/h29-31H,5-28H2,1-4H3,(H,35,40). The van der Waals surface area contributed by atoms with Gasteiger partial charge in [0.2, 0.25) is 5.91 Å². The summed E-state index contributed by atoms with van der Waals surface area (Å²) in [5.41, 5.74) is 0.985. The Morgan fingerprint density at radius 1 is 0.560 bits per heavy atom. The van der Waals surface area contributed by atoms with Crippen LogP contribution >= 0.6 is 0 Å². The van der Waals surface area contributed by atoms with Gasteiger partial charge in [-0.15, -0.1) is 5.10 Å². The highest BCUT2D eigenvalue weighted by atomic mass is 16.6. The molecule has 16 nitrogen and oxygen atoms in total. The van der Waals surface area contributed by atoms with Gasteiger partial charge < -0.3 is 52.7 Å². The number of ether oxygens (including phenoxy) is 10. The van der Waals surface area contributed by atoms with Crippen LogP contribution in [0.1, 0.15) is 52.1 Å². The number of Topliss-reactive ketones (excluding diaryl/α,β-unsaturated/α-hetero) is 1. The van der Waals surface area contributed by atoms with Crippen molar-refractivity contribution in [1.82, 2.24) is 20.3 Å².